The zero-order valence-corrected chi connectivity index (χ0v) is 17.6. The first-order valence-corrected chi connectivity index (χ1v) is 9.97. The molecule has 2 heterocycles. The molecule has 12 heteroatoms. The Morgan fingerprint density at radius 1 is 1.25 bits per heavy atom. The van der Waals surface area contributed by atoms with Gasteiger partial charge in [0.05, 0.1) is 19.3 Å². The molecule has 3 rings (SSSR count). The van der Waals surface area contributed by atoms with E-state index in [9.17, 15) is 18.0 Å². The molecular weight excluding hydrogens is 435 g/mol. The Morgan fingerprint density at radius 2 is 2.06 bits per heavy atom. The number of hydrogen-bond donors (Lipinski definition) is 1. The molecule has 1 amide bonds. The van der Waals surface area contributed by atoms with Gasteiger partial charge in [-0.1, -0.05) is 11.2 Å². The van der Waals surface area contributed by atoms with Crippen molar-refractivity contribution in [2.75, 3.05) is 26.4 Å². The van der Waals surface area contributed by atoms with Crippen LogP contribution >= 0.6 is 0 Å². The molecule has 176 valence electrons. The zero-order chi connectivity index (χ0) is 23.1. The number of nitrogens with zero attached hydrogens (tertiary/aromatic N) is 2. The fraction of sp³-hybridized carbons (Fsp3) is 0.550. The smallest absolute Gasteiger partial charge is 0.414 e. The summed E-state index contributed by atoms with van der Waals surface area (Å²) in [4.78, 5) is 12.1. The topological polar surface area (TPSA) is 105 Å². The van der Waals surface area contributed by atoms with E-state index in [0.29, 0.717) is 25.3 Å². The van der Waals surface area contributed by atoms with Gasteiger partial charge in [-0.05, 0) is 31.4 Å². The predicted molar refractivity (Wildman–Crippen MR) is 103 cm³/mol. The second-order valence-corrected chi connectivity index (χ2v) is 7.27. The van der Waals surface area contributed by atoms with Crippen molar-refractivity contribution in [3.05, 3.63) is 35.5 Å². The number of ether oxygens (including phenoxy) is 4. The summed E-state index contributed by atoms with van der Waals surface area (Å²) >= 11 is 0. The van der Waals surface area contributed by atoms with Crippen molar-refractivity contribution >= 4 is 5.91 Å². The summed E-state index contributed by atoms with van der Waals surface area (Å²) in [7, 11) is 0. The highest BCUT2D eigenvalue weighted by atomic mass is 19.3. The maximum absolute atomic E-state index is 13.5. The lowest BCUT2D eigenvalue weighted by atomic mass is 10.1. The molecule has 1 N–H and O–H groups in total. The predicted octanol–water partition coefficient (Wildman–Crippen LogP) is 2.94. The van der Waals surface area contributed by atoms with Crippen molar-refractivity contribution in [3.63, 3.8) is 0 Å². The Bertz CT molecular complexity index is 897. The van der Waals surface area contributed by atoms with Gasteiger partial charge in [-0.25, -0.2) is 4.39 Å². The van der Waals surface area contributed by atoms with Gasteiger partial charge in [0.1, 0.15) is 24.3 Å². The number of amides is 1. The van der Waals surface area contributed by atoms with Crippen LogP contribution in [0.4, 0.5) is 13.2 Å². The third-order valence-electron chi connectivity index (χ3n) is 4.52. The highest BCUT2D eigenvalue weighted by Crippen LogP contribution is 2.28. The second kappa shape index (κ2) is 10.6. The van der Waals surface area contributed by atoms with Gasteiger partial charge in [0.15, 0.2) is 6.61 Å². The van der Waals surface area contributed by atoms with Crippen LogP contribution in [0, 0.1) is 12.7 Å². The summed E-state index contributed by atoms with van der Waals surface area (Å²) < 4.78 is 64.3. The van der Waals surface area contributed by atoms with E-state index in [2.05, 4.69) is 20.3 Å². The molecule has 2 aromatic rings. The van der Waals surface area contributed by atoms with Crippen molar-refractivity contribution in [3.8, 4) is 11.8 Å². The van der Waals surface area contributed by atoms with Crippen LogP contribution in [0.5, 0.6) is 11.8 Å². The summed E-state index contributed by atoms with van der Waals surface area (Å²) in [5.41, 5.74) is 0.491. The molecule has 0 aliphatic carbocycles. The quantitative estimate of drug-likeness (QED) is 0.541. The Labute approximate surface area is 182 Å². The summed E-state index contributed by atoms with van der Waals surface area (Å²) in [5, 5.41) is 10.3. The fourth-order valence-electron chi connectivity index (χ4n) is 2.90. The molecule has 32 heavy (non-hydrogen) atoms. The Hall–Kier alpha value is -2.86. The van der Waals surface area contributed by atoms with Crippen LogP contribution in [0.25, 0.3) is 0 Å². The van der Waals surface area contributed by atoms with Gasteiger partial charge in [0, 0.05) is 13.0 Å². The van der Waals surface area contributed by atoms with E-state index in [1.54, 1.807) is 19.1 Å². The molecule has 1 fully saturated rings. The first-order chi connectivity index (χ1) is 15.2. The molecule has 1 saturated heterocycles. The standard InChI is InChI=1S/C20H24F3N3O6/c1-12-3-5-14(9-15(12)21)29-11-17(27)24-13-4-6-16(30-10-13)18-25-26-19(32-18)28-7-8-31-20(2,22)23/h3,5,9,13,16H,4,6-8,10-11H2,1-2H3,(H,24,27)/t13-,16+/m0/s1. The van der Waals surface area contributed by atoms with Gasteiger partial charge < -0.3 is 28.7 Å². The molecule has 0 radical (unpaired) electrons. The second-order valence-electron chi connectivity index (χ2n) is 7.27. The number of halogens is 3. The summed E-state index contributed by atoms with van der Waals surface area (Å²) in [5.74, 6) is -0.296. The lowest BCUT2D eigenvalue weighted by molar-refractivity contribution is -0.226. The van der Waals surface area contributed by atoms with Gasteiger partial charge >= 0.3 is 12.2 Å². The molecule has 2 atom stereocenters. The molecule has 0 spiro atoms. The first kappa shape index (κ1) is 23.8. The van der Waals surface area contributed by atoms with Crippen molar-refractivity contribution in [1.82, 2.24) is 15.5 Å². The number of aromatic nitrogens is 2. The van der Waals surface area contributed by atoms with Gasteiger partial charge in [-0.2, -0.15) is 8.78 Å². The van der Waals surface area contributed by atoms with Crippen LogP contribution in [-0.4, -0.2) is 54.7 Å². The van der Waals surface area contributed by atoms with Gasteiger partial charge in [-0.15, -0.1) is 5.10 Å². The highest BCUT2D eigenvalue weighted by Gasteiger charge is 2.28. The summed E-state index contributed by atoms with van der Waals surface area (Å²) in [6, 6.07) is 4.16. The zero-order valence-electron chi connectivity index (χ0n) is 17.6. The van der Waals surface area contributed by atoms with Crippen molar-refractivity contribution in [1.29, 1.82) is 0 Å². The maximum atomic E-state index is 13.5. The van der Waals surface area contributed by atoms with E-state index in [-0.39, 0.29) is 56.1 Å². The van der Waals surface area contributed by atoms with Gasteiger partial charge in [0.2, 0.25) is 5.89 Å². The minimum atomic E-state index is -3.24. The normalized spacial score (nSPS) is 18.9. The SMILES string of the molecule is Cc1ccc(OCC(=O)N[C@H]2CC[C@H](c3nnc(OCCOC(C)(F)F)o3)OC2)cc1F. The lowest BCUT2D eigenvalue weighted by Crippen LogP contribution is -2.43. The maximum Gasteiger partial charge on any atom is 0.414 e. The number of carbonyl (C=O) groups is 1. The lowest BCUT2D eigenvalue weighted by Gasteiger charge is -2.27. The molecule has 9 nitrogen and oxygen atoms in total. The third-order valence-corrected chi connectivity index (χ3v) is 4.52. The fourth-order valence-corrected chi connectivity index (χ4v) is 2.90. The molecule has 1 aromatic carbocycles. The molecule has 1 aromatic heterocycles. The third kappa shape index (κ3) is 7.38. The molecule has 0 unspecified atom stereocenters. The molecular formula is C20H24F3N3O6. The van der Waals surface area contributed by atoms with Crippen molar-refractivity contribution < 1.29 is 41.3 Å². The Kier molecular flexibility index (Phi) is 7.91. The number of nitrogens with one attached hydrogen (secondary N) is 1. The van der Waals surface area contributed by atoms with Crippen LogP contribution < -0.4 is 14.8 Å². The van der Waals surface area contributed by atoms with Gasteiger partial charge in [0.25, 0.3) is 5.91 Å². The average molecular weight is 459 g/mol. The van der Waals surface area contributed by atoms with E-state index < -0.39 is 18.0 Å². The first-order valence-electron chi connectivity index (χ1n) is 9.97. The number of benzene rings is 1. The summed E-state index contributed by atoms with van der Waals surface area (Å²) in [6.45, 7) is 1.71. The number of alkyl halides is 2. The molecule has 0 bridgehead atoms. The van der Waals surface area contributed by atoms with Gasteiger partial charge in [-0.3, -0.25) is 4.79 Å². The van der Waals surface area contributed by atoms with E-state index in [0.717, 1.165) is 0 Å². The number of carbonyl (C=O) groups excluding carboxylic acids is 1. The highest BCUT2D eigenvalue weighted by molar-refractivity contribution is 5.77. The van der Waals surface area contributed by atoms with Crippen molar-refractivity contribution in [2.24, 2.45) is 0 Å². The van der Waals surface area contributed by atoms with Crippen LogP contribution in [-0.2, 0) is 14.3 Å². The van der Waals surface area contributed by atoms with Crippen molar-refractivity contribution in [2.45, 2.75) is 44.9 Å². The van der Waals surface area contributed by atoms with E-state index >= 15 is 0 Å². The van der Waals surface area contributed by atoms with E-state index in [1.165, 1.54) is 6.07 Å². The summed E-state index contributed by atoms with van der Waals surface area (Å²) in [6.07, 6.45) is -2.80. The minimum Gasteiger partial charge on any atom is -0.484 e. The number of aryl methyl sites for hydroxylation is 1. The Morgan fingerprint density at radius 3 is 2.75 bits per heavy atom. The number of hydrogen-bond acceptors (Lipinski definition) is 8. The Balaban J connectivity index is 1.36. The number of rotatable bonds is 10. The van der Waals surface area contributed by atoms with Crippen LogP contribution in [0.15, 0.2) is 22.6 Å². The van der Waals surface area contributed by atoms with Crippen LogP contribution in [0.1, 0.15) is 37.3 Å². The minimum absolute atomic E-state index is 0.174. The van der Waals surface area contributed by atoms with Crippen LogP contribution in [0.3, 0.4) is 0 Å². The molecule has 1 aliphatic rings. The molecule has 0 saturated carbocycles. The average Bonchev–Trinajstić information content (AvgIpc) is 3.21. The molecule has 1 aliphatic heterocycles. The largest absolute Gasteiger partial charge is 0.484 e. The monoisotopic (exact) mass is 459 g/mol. The van der Waals surface area contributed by atoms with Crippen LogP contribution in [0.2, 0.25) is 0 Å². The van der Waals surface area contributed by atoms with E-state index in [1.807, 2.05) is 0 Å². The van der Waals surface area contributed by atoms with E-state index in [4.69, 9.17) is 18.6 Å².